The molecule has 0 unspecified atom stereocenters. The number of ketones is 1. The predicted molar refractivity (Wildman–Crippen MR) is 140 cm³/mol. The number of esters is 1. The van der Waals surface area contributed by atoms with Gasteiger partial charge in [-0.1, -0.05) is 60.2 Å². The van der Waals surface area contributed by atoms with Crippen LogP contribution in [0.4, 0.5) is 10.5 Å². The van der Waals surface area contributed by atoms with Crippen molar-refractivity contribution in [2.24, 2.45) is 0 Å². The van der Waals surface area contributed by atoms with Gasteiger partial charge in [-0.2, -0.15) is 0 Å². The Morgan fingerprint density at radius 1 is 0.892 bits per heavy atom. The molecule has 1 saturated heterocycles. The summed E-state index contributed by atoms with van der Waals surface area (Å²) >= 11 is 0.747. The van der Waals surface area contributed by atoms with Gasteiger partial charge in [-0.15, -0.1) is 0 Å². The van der Waals surface area contributed by atoms with Gasteiger partial charge in [0.2, 0.25) is 0 Å². The van der Waals surface area contributed by atoms with Crippen molar-refractivity contribution in [1.29, 1.82) is 0 Å². The molecular weight excluding hydrogens is 492 g/mol. The summed E-state index contributed by atoms with van der Waals surface area (Å²) in [5.74, 6) is -2.03. The lowest BCUT2D eigenvalue weighted by Crippen LogP contribution is -2.33. The first kappa shape index (κ1) is 25.6. The predicted octanol–water partition coefficient (Wildman–Crippen LogP) is 4.71. The first-order chi connectivity index (χ1) is 17.8. The van der Waals surface area contributed by atoms with Crippen LogP contribution in [0, 0.1) is 6.92 Å². The fourth-order valence-electron chi connectivity index (χ4n) is 3.41. The van der Waals surface area contributed by atoms with Gasteiger partial charge < -0.3 is 10.1 Å². The minimum absolute atomic E-state index is 0.175. The number of nitrogens with zero attached hydrogens (tertiary/aromatic N) is 1. The highest BCUT2D eigenvalue weighted by Gasteiger charge is 2.36. The van der Waals surface area contributed by atoms with Crippen LogP contribution in [0.2, 0.25) is 0 Å². The number of carbonyl (C=O) groups is 5. The van der Waals surface area contributed by atoms with Crippen molar-refractivity contribution in [3.05, 3.63) is 106 Å². The van der Waals surface area contributed by atoms with E-state index in [4.69, 9.17) is 4.74 Å². The molecule has 1 aliphatic rings. The third-order valence-electron chi connectivity index (χ3n) is 5.38. The molecule has 0 saturated carbocycles. The topological polar surface area (TPSA) is 110 Å². The van der Waals surface area contributed by atoms with E-state index in [-0.39, 0.29) is 22.8 Å². The van der Waals surface area contributed by atoms with Crippen molar-refractivity contribution < 1.29 is 28.7 Å². The van der Waals surface area contributed by atoms with Gasteiger partial charge in [0.1, 0.15) is 0 Å². The summed E-state index contributed by atoms with van der Waals surface area (Å²) < 4.78 is 5.07. The van der Waals surface area contributed by atoms with Gasteiger partial charge >= 0.3 is 5.97 Å². The molecule has 4 rings (SSSR count). The van der Waals surface area contributed by atoms with Crippen LogP contribution in [0.3, 0.4) is 0 Å². The molecular formula is C28H22N2O6S. The average molecular weight is 515 g/mol. The smallest absolute Gasteiger partial charge is 0.338 e. The fourth-order valence-corrected chi connectivity index (χ4v) is 4.25. The lowest BCUT2D eigenvalue weighted by molar-refractivity contribution is -0.122. The zero-order valence-corrected chi connectivity index (χ0v) is 20.6. The van der Waals surface area contributed by atoms with Crippen LogP contribution >= 0.6 is 11.8 Å². The first-order valence-corrected chi connectivity index (χ1v) is 12.1. The van der Waals surface area contributed by atoms with Crippen LogP contribution < -0.4 is 5.32 Å². The highest BCUT2D eigenvalue weighted by Crippen LogP contribution is 2.32. The Morgan fingerprint density at radius 3 is 2.24 bits per heavy atom. The van der Waals surface area contributed by atoms with Gasteiger partial charge in [-0.25, -0.2) is 4.79 Å². The van der Waals surface area contributed by atoms with Crippen LogP contribution in [-0.2, 0) is 14.3 Å². The van der Waals surface area contributed by atoms with Gasteiger partial charge in [0.25, 0.3) is 17.1 Å². The van der Waals surface area contributed by atoms with Gasteiger partial charge in [0.05, 0.1) is 17.0 Å². The molecule has 8 nitrogen and oxygen atoms in total. The number of nitrogens with one attached hydrogen (secondary N) is 1. The minimum Gasteiger partial charge on any atom is -0.452 e. The summed E-state index contributed by atoms with van der Waals surface area (Å²) in [6, 6.07) is 21.8. The largest absolute Gasteiger partial charge is 0.452 e. The van der Waals surface area contributed by atoms with Crippen molar-refractivity contribution in [2.45, 2.75) is 6.92 Å². The molecule has 0 aliphatic carbocycles. The fraction of sp³-hybridized carbons (Fsp3) is 0.107. The number of hydrogen-bond acceptors (Lipinski definition) is 7. The number of benzene rings is 3. The van der Waals surface area contributed by atoms with Crippen molar-refractivity contribution in [3.8, 4) is 0 Å². The second-order valence-corrected chi connectivity index (χ2v) is 9.16. The van der Waals surface area contributed by atoms with E-state index in [1.807, 2.05) is 19.1 Å². The van der Waals surface area contributed by atoms with E-state index < -0.39 is 29.6 Å². The number of amides is 3. The summed E-state index contributed by atoms with van der Waals surface area (Å²) in [5, 5.41) is 2.12. The van der Waals surface area contributed by atoms with Crippen LogP contribution in [0.1, 0.15) is 31.8 Å². The SMILES string of the molecule is Cc1ccc(NC(=O)COC(=O)c2ccc(/C=C3\SC(=O)N(CC(=O)c4ccccc4)C3=O)cc2)cc1. The minimum atomic E-state index is -0.676. The van der Waals surface area contributed by atoms with Gasteiger partial charge in [-0.05, 0) is 54.6 Å². The molecule has 37 heavy (non-hydrogen) atoms. The summed E-state index contributed by atoms with van der Waals surface area (Å²) in [6.45, 7) is 1.15. The van der Waals surface area contributed by atoms with Crippen molar-refractivity contribution in [3.63, 3.8) is 0 Å². The standard InChI is InChI=1S/C28H22N2O6S/c1-18-7-13-22(14-8-18)29-25(32)17-36-27(34)21-11-9-19(10-12-21)15-24-26(33)30(28(35)37-24)16-23(31)20-5-3-2-4-6-20/h2-15H,16-17H2,1H3,(H,29,32)/b24-15-. The molecule has 3 aromatic carbocycles. The first-order valence-electron chi connectivity index (χ1n) is 11.3. The highest BCUT2D eigenvalue weighted by atomic mass is 32.2. The number of rotatable bonds is 8. The zero-order chi connectivity index (χ0) is 26.4. The molecule has 186 valence electrons. The zero-order valence-electron chi connectivity index (χ0n) is 19.8. The molecule has 1 heterocycles. The lowest BCUT2D eigenvalue weighted by atomic mass is 10.1. The van der Waals surface area contributed by atoms with Gasteiger partial charge in [0.15, 0.2) is 12.4 Å². The lowest BCUT2D eigenvalue weighted by Gasteiger charge is -2.11. The van der Waals surface area contributed by atoms with Crippen molar-refractivity contribution in [2.75, 3.05) is 18.5 Å². The molecule has 1 fully saturated rings. The maximum Gasteiger partial charge on any atom is 0.338 e. The number of imide groups is 1. The quantitative estimate of drug-likeness (QED) is 0.263. The molecule has 0 aromatic heterocycles. The third kappa shape index (κ3) is 6.59. The molecule has 3 amide bonds. The van der Waals surface area contributed by atoms with E-state index >= 15 is 0 Å². The number of ether oxygens (including phenoxy) is 1. The van der Waals surface area contributed by atoms with Crippen molar-refractivity contribution in [1.82, 2.24) is 4.90 Å². The van der Waals surface area contributed by atoms with Gasteiger partial charge in [-0.3, -0.25) is 24.1 Å². The number of hydrogen-bond donors (Lipinski definition) is 1. The second-order valence-electron chi connectivity index (χ2n) is 8.17. The van der Waals surface area contributed by atoms with Crippen LogP contribution in [0.25, 0.3) is 6.08 Å². The Balaban J connectivity index is 1.32. The van der Waals surface area contributed by atoms with E-state index in [9.17, 15) is 24.0 Å². The van der Waals surface area contributed by atoms with Gasteiger partial charge in [0, 0.05) is 11.3 Å². The molecule has 0 spiro atoms. The number of Topliss-reactive ketones (excluding diaryl/α,β-unsaturated/α-hetero) is 1. The number of aryl methyl sites for hydroxylation is 1. The van der Waals surface area contributed by atoms with Crippen molar-refractivity contribution >= 4 is 52.3 Å². The summed E-state index contributed by atoms with van der Waals surface area (Å²) in [7, 11) is 0. The monoisotopic (exact) mass is 514 g/mol. The molecule has 0 atom stereocenters. The summed E-state index contributed by atoms with van der Waals surface area (Å²) in [6.07, 6.45) is 1.52. The summed E-state index contributed by atoms with van der Waals surface area (Å²) in [5.41, 5.74) is 2.88. The second kappa shape index (κ2) is 11.5. The Kier molecular flexibility index (Phi) is 7.95. The van der Waals surface area contributed by atoms with Crippen LogP contribution in [-0.4, -0.2) is 46.9 Å². The van der Waals surface area contributed by atoms with E-state index in [1.54, 1.807) is 54.6 Å². The molecule has 9 heteroatoms. The molecule has 0 bridgehead atoms. The van der Waals surface area contributed by atoms with E-state index in [1.165, 1.54) is 18.2 Å². The molecule has 0 radical (unpaired) electrons. The van der Waals surface area contributed by atoms with E-state index in [0.717, 1.165) is 22.2 Å². The molecule has 3 aromatic rings. The molecule has 1 aliphatic heterocycles. The highest BCUT2D eigenvalue weighted by molar-refractivity contribution is 8.18. The maximum absolute atomic E-state index is 12.7. The Labute approximate surface area is 217 Å². The maximum atomic E-state index is 12.7. The Bertz CT molecular complexity index is 1380. The molecule has 1 N–H and O–H groups in total. The van der Waals surface area contributed by atoms with E-state index in [0.29, 0.717) is 16.8 Å². The number of carbonyl (C=O) groups excluding carboxylic acids is 5. The normalized spacial score (nSPS) is 14.1. The van der Waals surface area contributed by atoms with Crippen LogP contribution in [0.15, 0.2) is 83.8 Å². The number of thioether (sulfide) groups is 1. The summed E-state index contributed by atoms with van der Waals surface area (Å²) in [4.78, 5) is 62.9. The Morgan fingerprint density at radius 2 is 1.57 bits per heavy atom. The Hall–Kier alpha value is -4.50. The number of anilines is 1. The van der Waals surface area contributed by atoms with E-state index in [2.05, 4.69) is 5.32 Å². The van der Waals surface area contributed by atoms with Crippen LogP contribution in [0.5, 0.6) is 0 Å². The third-order valence-corrected chi connectivity index (χ3v) is 6.29. The average Bonchev–Trinajstić information content (AvgIpc) is 3.16.